The summed E-state index contributed by atoms with van der Waals surface area (Å²) in [7, 11) is 0. The van der Waals surface area contributed by atoms with Crippen LogP contribution in [0.3, 0.4) is 0 Å². The van der Waals surface area contributed by atoms with Gasteiger partial charge in [-0.15, -0.1) is 22.7 Å². The summed E-state index contributed by atoms with van der Waals surface area (Å²) in [5.74, 6) is 0.912. The van der Waals surface area contributed by atoms with Crippen LogP contribution in [0, 0.1) is 13.8 Å². The first-order valence-electron chi connectivity index (χ1n) is 24.1. The van der Waals surface area contributed by atoms with Gasteiger partial charge in [0, 0.05) is 52.8 Å². The third-order valence-corrected chi connectivity index (χ3v) is 16.9. The van der Waals surface area contributed by atoms with Crippen molar-refractivity contribution in [2.75, 3.05) is 9.80 Å². The van der Waals surface area contributed by atoms with Crippen molar-refractivity contribution >= 4 is 111 Å². The first-order valence-corrected chi connectivity index (χ1v) is 25.7. The lowest BCUT2D eigenvalue weighted by Gasteiger charge is -2.44. The van der Waals surface area contributed by atoms with Crippen LogP contribution < -0.4 is 26.2 Å². The predicted octanol–water partition coefficient (Wildman–Crippen LogP) is 16.8. The second-order valence-corrected chi connectivity index (χ2v) is 24.6. The fraction of sp³-hybridized carbons (Fsp3) is 0.226. The number of benzene rings is 7. The normalized spacial score (nSPS) is 13.7. The standard InChI is InChI=1S/C62H57BN2OS2/c1-36-27-43(61(6,7)8)28-37(2)58(36)65-50-35-44(62(9,10)11)34-49-57(50)63(56-46-33-42(60(3,4)5)24-26-51(46)66-59(56)65)47-25-23-41(55-32-40-18-13-15-22-53(40)68-55)30-48(47)64(49)45-20-16-19-38(29-45)54-31-39-17-12-14-21-52(39)67-54/h12-35H,1-11H3. The van der Waals surface area contributed by atoms with Crippen molar-refractivity contribution < 1.29 is 4.42 Å². The summed E-state index contributed by atoms with van der Waals surface area (Å²) in [6, 6.07) is 55.5. The summed E-state index contributed by atoms with van der Waals surface area (Å²) in [6.07, 6.45) is 0. The third kappa shape index (κ3) is 6.81. The van der Waals surface area contributed by atoms with Gasteiger partial charge in [0.25, 0.3) is 6.71 Å². The number of rotatable bonds is 4. The van der Waals surface area contributed by atoms with E-state index in [1.165, 1.54) is 113 Å². The second kappa shape index (κ2) is 15.1. The first kappa shape index (κ1) is 43.0. The van der Waals surface area contributed by atoms with Crippen LogP contribution in [-0.2, 0) is 16.2 Å². The number of nitrogens with zero attached hydrogens (tertiary/aromatic N) is 2. The molecule has 0 bridgehead atoms. The molecule has 0 aliphatic carbocycles. The Labute approximate surface area is 409 Å². The highest BCUT2D eigenvalue weighted by atomic mass is 32.1. The Kier molecular flexibility index (Phi) is 9.53. The molecule has 0 fully saturated rings. The number of aryl methyl sites for hydroxylation is 2. The van der Waals surface area contributed by atoms with Crippen LogP contribution in [0.1, 0.15) is 90.1 Å². The summed E-state index contributed by atoms with van der Waals surface area (Å²) in [6.45, 7) is 25.4. The number of fused-ring (bicyclic) bond motifs is 8. The van der Waals surface area contributed by atoms with Gasteiger partial charge in [-0.2, -0.15) is 0 Å². The van der Waals surface area contributed by atoms with Crippen molar-refractivity contribution in [3.63, 3.8) is 0 Å². The zero-order chi connectivity index (χ0) is 47.2. The largest absolute Gasteiger partial charge is 0.440 e. The Morgan fingerprint density at radius 1 is 0.471 bits per heavy atom. The molecule has 0 spiro atoms. The fourth-order valence-corrected chi connectivity index (χ4v) is 13.0. The maximum atomic E-state index is 7.37. The van der Waals surface area contributed by atoms with Gasteiger partial charge < -0.3 is 9.32 Å². The minimum absolute atomic E-state index is 0.00349. The van der Waals surface area contributed by atoms with Gasteiger partial charge in [-0.1, -0.05) is 141 Å². The molecule has 0 radical (unpaired) electrons. The van der Waals surface area contributed by atoms with E-state index in [1.54, 1.807) is 0 Å². The minimum atomic E-state index is -0.160. The molecule has 6 heteroatoms. The third-order valence-electron chi connectivity index (χ3n) is 14.5. The maximum Gasteiger partial charge on any atom is 0.257 e. The van der Waals surface area contributed by atoms with Gasteiger partial charge in [0.05, 0.1) is 5.69 Å². The van der Waals surface area contributed by atoms with Gasteiger partial charge in [-0.05, 0) is 157 Å². The van der Waals surface area contributed by atoms with E-state index in [9.17, 15) is 0 Å². The van der Waals surface area contributed by atoms with Gasteiger partial charge >= 0.3 is 0 Å². The van der Waals surface area contributed by atoms with Crippen LogP contribution >= 0.6 is 22.7 Å². The van der Waals surface area contributed by atoms with E-state index in [1.807, 2.05) is 22.7 Å². The number of hydrogen-bond acceptors (Lipinski definition) is 5. The summed E-state index contributed by atoms with van der Waals surface area (Å²) in [4.78, 5) is 7.65. The van der Waals surface area contributed by atoms with E-state index in [4.69, 9.17) is 4.42 Å². The zero-order valence-corrected chi connectivity index (χ0v) is 42.7. The SMILES string of the molecule is Cc1cc(C(C)(C)C)cc(C)c1N1c2cc(C(C)(C)C)cc3c2B(c2ccc(-c4cc5ccccc5s4)cc2N3c2cccc(-c3cc4ccccc4s3)c2)c2c1oc1ccc(C(C)(C)C)cc21. The Morgan fingerprint density at radius 3 is 1.65 bits per heavy atom. The molecule has 5 heterocycles. The van der Waals surface area contributed by atoms with E-state index in [2.05, 4.69) is 232 Å². The first-order chi connectivity index (χ1) is 32.4. The highest BCUT2D eigenvalue weighted by Crippen LogP contribution is 2.51. The van der Waals surface area contributed by atoms with E-state index in [-0.39, 0.29) is 23.0 Å². The summed E-state index contributed by atoms with van der Waals surface area (Å²) in [5.41, 5.74) is 19.3. The van der Waals surface area contributed by atoms with Gasteiger partial charge in [0.1, 0.15) is 5.58 Å². The smallest absolute Gasteiger partial charge is 0.257 e. The van der Waals surface area contributed by atoms with Gasteiger partial charge in [0.15, 0.2) is 0 Å². The minimum Gasteiger partial charge on any atom is -0.440 e. The average Bonchev–Trinajstić information content (AvgIpc) is 4.04. The molecule has 10 aromatic rings. The van der Waals surface area contributed by atoms with Gasteiger partial charge in [-0.25, -0.2) is 0 Å². The molecule has 336 valence electrons. The van der Waals surface area contributed by atoms with Crippen molar-refractivity contribution in [1.82, 2.24) is 0 Å². The van der Waals surface area contributed by atoms with Crippen LogP contribution in [0.15, 0.2) is 150 Å². The van der Waals surface area contributed by atoms with E-state index < -0.39 is 0 Å². The van der Waals surface area contributed by atoms with Gasteiger partial charge in [0.2, 0.25) is 5.88 Å². The summed E-state index contributed by atoms with van der Waals surface area (Å²) < 4.78 is 9.97. The number of hydrogen-bond donors (Lipinski definition) is 0. The molecule has 0 N–H and O–H groups in total. The Balaban J connectivity index is 1.20. The van der Waals surface area contributed by atoms with Crippen molar-refractivity contribution in [2.45, 2.75) is 92.4 Å². The molecule has 0 saturated carbocycles. The summed E-state index contributed by atoms with van der Waals surface area (Å²) in [5, 5.41) is 3.74. The Morgan fingerprint density at radius 2 is 1.04 bits per heavy atom. The lowest BCUT2D eigenvalue weighted by atomic mass is 9.33. The van der Waals surface area contributed by atoms with Crippen LogP contribution in [0.5, 0.6) is 0 Å². The fourth-order valence-electron chi connectivity index (χ4n) is 10.9. The maximum absolute atomic E-state index is 7.37. The topological polar surface area (TPSA) is 19.6 Å². The van der Waals surface area contributed by atoms with E-state index in [0.717, 1.165) is 17.2 Å². The number of thiophene rings is 2. The highest BCUT2D eigenvalue weighted by Gasteiger charge is 2.47. The zero-order valence-electron chi connectivity index (χ0n) is 41.1. The lowest BCUT2D eigenvalue weighted by molar-refractivity contribution is 0.587. The molecule has 2 aliphatic heterocycles. The summed E-state index contributed by atoms with van der Waals surface area (Å²) >= 11 is 3.74. The molecule has 68 heavy (non-hydrogen) atoms. The highest BCUT2D eigenvalue weighted by molar-refractivity contribution is 7.22. The van der Waals surface area contributed by atoms with Crippen LogP contribution in [0.2, 0.25) is 0 Å². The molecular weight excluding hydrogens is 864 g/mol. The molecular formula is C62H57BN2OS2. The van der Waals surface area contributed by atoms with Crippen LogP contribution in [0.4, 0.5) is 34.3 Å². The molecule has 0 unspecified atom stereocenters. The lowest BCUT2D eigenvalue weighted by Crippen LogP contribution is -2.61. The quantitative estimate of drug-likeness (QED) is 0.164. The molecule has 7 aromatic carbocycles. The molecule has 3 nitrogen and oxygen atoms in total. The van der Waals surface area contributed by atoms with Crippen LogP contribution in [0.25, 0.3) is 52.0 Å². The van der Waals surface area contributed by atoms with Gasteiger partial charge in [-0.3, -0.25) is 4.90 Å². The van der Waals surface area contributed by atoms with Crippen molar-refractivity contribution in [1.29, 1.82) is 0 Å². The average molecular weight is 921 g/mol. The van der Waals surface area contributed by atoms with Crippen molar-refractivity contribution in [3.8, 4) is 20.9 Å². The molecule has 0 saturated heterocycles. The number of furan rings is 1. The number of anilines is 6. The van der Waals surface area contributed by atoms with E-state index in [0.29, 0.717) is 0 Å². The Bertz CT molecular complexity index is 3610. The molecule has 0 atom stereocenters. The van der Waals surface area contributed by atoms with Crippen molar-refractivity contribution in [3.05, 3.63) is 173 Å². The Hall–Kier alpha value is -6.34. The molecule has 12 rings (SSSR count). The monoisotopic (exact) mass is 920 g/mol. The van der Waals surface area contributed by atoms with Crippen molar-refractivity contribution in [2.24, 2.45) is 0 Å². The predicted molar refractivity (Wildman–Crippen MR) is 297 cm³/mol. The van der Waals surface area contributed by atoms with Crippen LogP contribution in [-0.4, -0.2) is 6.71 Å². The second-order valence-electron chi connectivity index (χ2n) is 22.4. The molecule has 2 aliphatic rings. The van der Waals surface area contributed by atoms with E-state index >= 15 is 0 Å². The molecule has 3 aromatic heterocycles. The molecule has 0 amide bonds.